The molecule has 3 aromatic rings. The molecule has 144 valence electrons. The quantitative estimate of drug-likeness (QED) is 0.369. The molecule has 0 saturated heterocycles. The number of hydrogen-bond donors (Lipinski definition) is 1. The van der Waals surface area contributed by atoms with Gasteiger partial charge in [-0.25, -0.2) is 5.43 Å². The summed E-state index contributed by atoms with van der Waals surface area (Å²) in [6, 6.07) is 15.4. The molecule has 7 heteroatoms. The number of ether oxygens (including phenoxy) is 2. The highest BCUT2D eigenvalue weighted by Gasteiger charge is 2.09. The van der Waals surface area contributed by atoms with Crippen molar-refractivity contribution in [3.8, 4) is 11.5 Å². The zero-order chi connectivity index (χ0) is 20.1. The van der Waals surface area contributed by atoms with Gasteiger partial charge in [-0.05, 0) is 58.1 Å². The lowest BCUT2D eigenvalue weighted by Crippen LogP contribution is -2.24. The molecule has 0 aromatic heterocycles. The molecule has 0 atom stereocenters. The van der Waals surface area contributed by atoms with Crippen molar-refractivity contribution in [3.63, 3.8) is 0 Å². The molecule has 0 bridgehead atoms. The van der Waals surface area contributed by atoms with Crippen LogP contribution in [0.15, 0.2) is 62.6 Å². The summed E-state index contributed by atoms with van der Waals surface area (Å²) >= 11 is 6.86. The second-order valence-electron chi connectivity index (χ2n) is 6.02. The molecule has 3 aromatic carbocycles. The van der Waals surface area contributed by atoms with E-state index in [9.17, 15) is 4.79 Å². The van der Waals surface area contributed by atoms with Crippen LogP contribution < -0.4 is 14.9 Å². The lowest BCUT2D eigenvalue weighted by atomic mass is 10.0. The van der Waals surface area contributed by atoms with E-state index >= 15 is 0 Å². The number of carbonyl (C=O) groups excluding carboxylic acids is 1. The number of hydrogen-bond acceptors (Lipinski definition) is 4. The maximum absolute atomic E-state index is 12.1. The van der Waals surface area contributed by atoms with Gasteiger partial charge in [-0.3, -0.25) is 4.79 Å². The number of hydrazone groups is 1. The number of amides is 1. The summed E-state index contributed by atoms with van der Waals surface area (Å²) in [5, 5.41) is 6.03. The maximum atomic E-state index is 12.1. The van der Waals surface area contributed by atoms with Crippen molar-refractivity contribution in [2.45, 2.75) is 6.92 Å². The van der Waals surface area contributed by atoms with E-state index in [4.69, 9.17) is 9.47 Å². The highest BCUT2D eigenvalue weighted by Crippen LogP contribution is 2.32. The van der Waals surface area contributed by atoms with Gasteiger partial charge in [0, 0.05) is 15.4 Å². The van der Waals surface area contributed by atoms with Gasteiger partial charge in [-0.1, -0.05) is 40.2 Å². The Bertz CT molecular complexity index is 1030. The molecular formula is C21H18Br2N2O3. The van der Waals surface area contributed by atoms with E-state index in [0.717, 1.165) is 36.6 Å². The maximum Gasteiger partial charge on any atom is 0.277 e. The van der Waals surface area contributed by atoms with Gasteiger partial charge in [-0.15, -0.1) is 0 Å². The number of rotatable bonds is 6. The van der Waals surface area contributed by atoms with Crippen LogP contribution in [0.3, 0.4) is 0 Å². The van der Waals surface area contributed by atoms with Gasteiger partial charge < -0.3 is 9.47 Å². The first kappa shape index (κ1) is 20.4. The molecule has 0 aliphatic heterocycles. The minimum Gasteiger partial charge on any atom is -0.496 e. The van der Waals surface area contributed by atoms with Gasteiger partial charge in [0.15, 0.2) is 6.61 Å². The summed E-state index contributed by atoms with van der Waals surface area (Å²) in [4.78, 5) is 12.1. The fourth-order valence-electron chi connectivity index (χ4n) is 2.80. The van der Waals surface area contributed by atoms with Crippen LogP contribution in [0.1, 0.15) is 11.1 Å². The van der Waals surface area contributed by atoms with Gasteiger partial charge in [0.1, 0.15) is 11.5 Å². The molecule has 1 N–H and O–H groups in total. The standard InChI is InChI=1S/C21H18Br2N2O3/c1-13-9-15(22)10-18(23)21(13)28-12-20(26)25-24-11-14-7-8-19(27-2)17-6-4-3-5-16(14)17/h3-11H,12H2,1-2H3,(H,25,26)/b24-11+. The van der Waals surface area contributed by atoms with Crippen LogP contribution in [0.2, 0.25) is 0 Å². The van der Waals surface area contributed by atoms with Crippen LogP contribution in [0.4, 0.5) is 0 Å². The van der Waals surface area contributed by atoms with Crippen LogP contribution in [-0.4, -0.2) is 25.8 Å². The normalized spacial score (nSPS) is 11.0. The first-order valence-electron chi connectivity index (χ1n) is 8.45. The van der Waals surface area contributed by atoms with Gasteiger partial charge in [-0.2, -0.15) is 5.10 Å². The third kappa shape index (κ3) is 4.72. The minimum absolute atomic E-state index is 0.137. The third-order valence-electron chi connectivity index (χ3n) is 4.07. The first-order valence-corrected chi connectivity index (χ1v) is 10.0. The van der Waals surface area contributed by atoms with Crippen molar-refractivity contribution in [1.29, 1.82) is 0 Å². The first-order chi connectivity index (χ1) is 13.5. The number of nitrogens with zero attached hydrogens (tertiary/aromatic N) is 1. The second kappa shape index (κ2) is 9.21. The molecule has 0 spiro atoms. The van der Waals surface area contributed by atoms with E-state index in [0.29, 0.717) is 5.75 Å². The van der Waals surface area contributed by atoms with Crippen LogP contribution in [0.5, 0.6) is 11.5 Å². The van der Waals surface area contributed by atoms with Crippen LogP contribution >= 0.6 is 31.9 Å². The Morgan fingerprint density at radius 3 is 2.61 bits per heavy atom. The molecule has 0 aliphatic rings. The zero-order valence-corrected chi connectivity index (χ0v) is 18.5. The molecule has 0 radical (unpaired) electrons. The van der Waals surface area contributed by atoms with Crippen molar-refractivity contribution < 1.29 is 14.3 Å². The lowest BCUT2D eigenvalue weighted by molar-refractivity contribution is -0.123. The molecule has 0 fully saturated rings. The minimum atomic E-state index is -0.344. The largest absolute Gasteiger partial charge is 0.496 e. The van der Waals surface area contributed by atoms with Crippen LogP contribution in [0.25, 0.3) is 10.8 Å². The monoisotopic (exact) mass is 504 g/mol. The van der Waals surface area contributed by atoms with Crippen molar-refractivity contribution >= 4 is 54.8 Å². The highest BCUT2D eigenvalue weighted by molar-refractivity contribution is 9.11. The lowest BCUT2D eigenvalue weighted by Gasteiger charge is -2.11. The third-order valence-corrected chi connectivity index (χ3v) is 5.12. The number of methoxy groups -OCH3 is 1. The van der Waals surface area contributed by atoms with E-state index in [1.807, 2.05) is 55.5 Å². The molecule has 5 nitrogen and oxygen atoms in total. The molecule has 0 heterocycles. The molecule has 3 rings (SSSR count). The summed E-state index contributed by atoms with van der Waals surface area (Å²) in [6.07, 6.45) is 1.61. The van der Waals surface area contributed by atoms with Gasteiger partial charge in [0.05, 0.1) is 17.8 Å². The number of halogens is 2. The van der Waals surface area contributed by atoms with Crippen LogP contribution in [-0.2, 0) is 4.79 Å². The van der Waals surface area contributed by atoms with E-state index in [2.05, 4.69) is 42.4 Å². The Morgan fingerprint density at radius 1 is 1.14 bits per heavy atom. The summed E-state index contributed by atoms with van der Waals surface area (Å²) < 4.78 is 12.7. The zero-order valence-electron chi connectivity index (χ0n) is 15.3. The number of fused-ring (bicyclic) bond motifs is 1. The Hall–Kier alpha value is -2.38. The van der Waals surface area contributed by atoms with Gasteiger partial charge >= 0.3 is 0 Å². The molecule has 0 saturated carbocycles. The molecule has 0 aliphatic carbocycles. The summed E-state index contributed by atoms with van der Waals surface area (Å²) in [6.45, 7) is 1.78. The Labute approximate surface area is 180 Å². The SMILES string of the molecule is COc1ccc(/C=N/NC(=O)COc2c(C)cc(Br)cc2Br)c2ccccc12. The average Bonchev–Trinajstić information content (AvgIpc) is 2.67. The Kier molecular flexibility index (Phi) is 6.70. The number of carbonyl (C=O) groups is 1. The molecule has 28 heavy (non-hydrogen) atoms. The average molecular weight is 506 g/mol. The molecule has 0 unspecified atom stereocenters. The fraction of sp³-hybridized carbons (Fsp3) is 0.143. The van der Waals surface area contributed by atoms with Crippen molar-refractivity contribution in [1.82, 2.24) is 5.43 Å². The van der Waals surface area contributed by atoms with E-state index in [-0.39, 0.29) is 12.5 Å². The van der Waals surface area contributed by atoms with E-state index in [1.165, 1.54) is 0 Å². The summed E-state index contributed by atoms with van der Waals surface area (Å²) in [7, 11) is 1.64. The second-order valence-corrected chi connectivity index (χ2v) is 7.79. The highest BCUT2D eigenvalue weighted by atomic mass is 79.9. The predicted molar refractivity (Wildman–Crippen MR) is 118 cm³/mol. The smallest absolute Gasteiger partial charge is 0.277 e. The predicted octanol–water partition coefficient (Wildman–Crippen LogP) is 5.21. The topological polar surface area (TPSA) is 59.9 Å². The summed E-state index contributed by atoms with van der Waals surface area (Å²) in [5.74, 6) is 1.08. The summed E-state index contributed by atoms with van der Waals surface area (Å²) in [5.41, 5.74) is 4.29. The Morgan fingerprint density at radius 2 is 1.89 bits per heavy atom. The van der Waals surface area contributed by atoms with Crippen molar-refractivity contribution in [3.05, 3.63) is 68.6 Å². The fourth-order valence-corrected chi connectivity index (χ4v) is 4.35. The molecular weight excluding hydrogens is 488 g/mol. The number of benzene rings is 3. The Balaban J connectivity index is 1.65. The number of aryl methyl sites for hydroxylation is 1. The van der Waals surface area contributed by atoms with Gasteiger partial charge in [0.25, 0.3) is 5.91 Å². The van der Waals surface area contributed by atoms with E-state index < -0.39 is 0 Å². The van der Waals surface area contributed by atoms with Crippen LogP contribution in [0, 0.1) is 6.92 Å². The van der Waals surface area contributed by atoms with Crippen molar-refractivity contribution in [2.24, 2.45) is 5.10 Å². The van der Waals surface area contributed by atoms with Crippen molar-refractivity contribution in [2.75, 3.05) is 13.7 Å². The van der Waals surface area contributed by atoms with E-state index in [1.54, 1.807) is 13.3 Å². The number of nitrogens with one attached hydrogen (secondary N) is 1. The molecule has 1 amide bonds. The van der Waals surface area contributed by atoms with Gasteiger partial charge in [0.2, 0.25) is 0 Å².